The van der Waals surface area contributed by atoms with Crippen LogP contribution >= 0.6 is 0 Å². The van der Waals surface area contributed by atoms with Crippen LogP contribution in [0.3, 0.4) is 0 Å². The van der Waals surface area contributed by atoms with Gasteiger partial charge in [0.05, 0.1) is 28.7 Å². The monoisotopic (exact) mass is 383 g/mol. The van der Waals surface area contributed by atoms with Gasteiger partial charge in [-0.05, 0) is 29.7 Å². The summed E-state index contributed by atoms with van der Waals surface area (Å²) in [5.41, 5.74) is 5.56. The number of hydrogen-bond acceptors (Lipinski definition) is 6. The maximum absolute atomic E-state index is 9.22. The maximum Gasteiger partial charge on any atom is 0.127 e. The van der Waals surface area contributed by atoms with Crippen molar-refractivity contribution in [3.63, 3.8) is 0 Å². The molecule has 6 nitrogen and oxygen atoms in total. The Morgan fingerprint density at radius 3 is 2.48 bits per heavy atom. The van der Waals surface area contributed by atoms with E-state index in [-0.39, 0.29) is 23.3 Å². The Hall–Kier alpha value is -3.67. The molecule has 1 aromatic carbocycles. The molecule has 1 atom stereocenters. The second-order valence-corrected chi connectivity index (χ2v) is 7.24. The normalized spacial score (nSPS) is 20.1. The van der Waals surface area contributed by atoms with Gasteiger partial charge in [0.25, 0.3) is 0 Å². The second kappa shape index (κ2) is 7.75. The fraction of sp³-hybridized carbons (Fsp3) is 0.174. The van der Waals surface area contributed by atoms with Crippen molar-refractivity contribution in [3.05, 3.63) is 78.0 Å². The molecule has 0 amide bonds. The summed E-state index contributed by atoms with van der Waals surface area (Å²) in [5.74, 6) is -0.111. The molecule has 1 aliphatic carbocycles. The van der Waals surface area contributed by atoms with E-state index < -0.39 is 0 Å². The largest absolute Gasteiger partial charge is 0.410 e. The highest BCUT2D eigenvalue weighted by Crippen LogP contribution is 2.31. The van der Waals surface area contributed by atoms with Gasteiger partial charge in [0.15, 0.2) is 0 Å². The minimum absolute atomic E-state index is 0.159. The van der Waals surface area contributed by atoms with E-state index in [4.69, 9.17) is 5.41 Å². The lowest BCUT2D eigenvalue weighted by molar-refractivity contribution is 0.320. The lowest BCUT2D eigenvalue weighted by atomic mass is 9.78. The van der Waals surface area contributed by atoms with Gasteiger partial charge in [-0.15, -0.1) is 0 Å². The highest BCUT2D eigenvalue weighted by molar-refractivity contribution is 6.53. The summed E-state index contributed by atoms with van der Waals surface area (Å²) < 4.78 is 0. The van der Waals surface area contributed by atoms with Crippen molar-refractivity contribution in [2.75, 3.05) is 0 Å². The molecule has 2 aromatic rings. The van der Waals surface area contributed by atoms with Gasteiger partial charge in [0.1, 0.15) is 5.71 Å². The molecule has 0 fully saturated rings. The Kier molecular flexibility index (Phi) is 4.99. The minimum atomic E-state index is -0.270. The number of pyridine rings is 1. The molecule has 4 rings (SSSR count). The number of rotatable bonds is 4. The van der Waals surface area contributed by atoms with Gasteiger partial charge < -0.3 is 5.21 Å². The van der Waals surface area contributed by atoms with Crippen molar-refractivity contribution in [2.45, 2.75) is 13.8 Å². The number of benzene rings is 1. The van der Waals surface area contributed by atoms with Gasteiger partial charge in [-0.25, -0.2) is 0 Å². The van der Waals surface area contributed by atoms with Crippen molar-refractivity contribution < 1.29 is 5.21 Å². The van der Waals surface area contributed by atoms with Gasteiger partial charge in [0.2, 0.25) is 0 Å². The minimum Gasteiger partial charge on any atom is -0.410 e. The molecule has 0 saturated heterocycles. The quantitative estimate of drug-likeness (QED) is 0.461. The van der Waals surface area contributed by atoms with Crippen LogP contribution in [0.2, 0.25) is 0 Å². The van der Waals surface area contributed by atoms with Crippen LogP contribution in [0.15, 0.2) is 87.8 Å². The first-order chi connectivity index (χ1) is 14.1. The van der Waals surface area contributed by atoms with E-state index in [2.05, 4.69) is 34.2 Å². The molecule has 0 radical (unpaired) electrons. The fourth-order valence-electron chi connectivity index (χ4n) is 3.55. The molecule has 29 heavy (non-hydrogen) atoms. The summed E-state index contributed by atoms with van der Waals surface area (Å²) in [7, 11) is 0. The van der Waals surface area contributed by atoms with Crippen LogP contribution in [0.5, 0.6) is 0 Å². The smallest absolute Gasteiger partial charge is 0.127 e. The van der Waals surface area contributed by atoms with Crippen molar-refractivity contribution >= 4 is 22.8 Å². The molecule has 1 aliphatic heterocycles. The van der Waals surface area contributed by atoms with Crippen molar-refractivity contribution in [1.29, 1.82) is 5.41 Å². The molecule has 6 heteroatoms. The maximum atomic E-state index is 9.22. The summed E-state index contributed by atoms with van der Waals surface area (Å²) in [6.45, 7) is 4.12. The lowest BCUT2D eigenvalue weighted by Gasteiger charge is -2.23. The van der Waals surface area contributed by atoms with Crippen LogP contribution in [-0.2, 0) is 0 Å². The molecule has 1 aromatic heterocycles. The van der Waals surface area contributed by atoms with Crippen molar-refractivity contribution in [1.82, 2.24) is 4.98 Å². The second-order valence-electron chi connectivity index (χ2n) is 7.24. The van der Waals surface area contributed by atoms with Gasteiger partial charge in [-0.1, -0.05) is 61.5 Å². The van der Waals surface area contributed by atoms with Gasteiger partial charge in [0, 0.05) is 17.3 Å². The van der Waals surface area contributed by atoms with E-state index in [1.807, 2.05) is 48.5 Å². The summed E-state index contributed by atoms with van der Waals surface area (Å²) in [4.78, 5) is 4.61. The Morgan fingerprint density at radius 2 is 1.83 bits per heavy atom. The van der Waals surface area contributed by atoms with Crippen molar-refractivity contribution in [2.24, 2.45) is 27.2 Å². The summed E-state index contributed by atoms with van der Waals surface area (Å²) in [5, 5.41) is 29.8. The predicted molar refractivity (Wildman–Crippen MR) is 116 cm³/mol. The van der Waals surface area contributed by atoms with E-state index in [0.717, 1.165) is 33.8 Å². The highest BCUT2D eigenvalue weighted by atomic mass is 16.4. The number of aromatic nitrogens is 1. The molecule has 2 heterocycles. The first-order valence-electron chi connectivity index (χ1n) is 9.47. The van der Waals surface area contributed by atoms with Crippen LogP contribution in [0, 0.1) is 17.2 Å². The summed E-state index contributed by atoms with van der Waals surface area (Å²) in [6, 6.07) is 14.0. The number of oxime groups is 1. The Morgan fingerprint density at radius 1 is 1.03 bits per heavy atom. The highest BCUT2D eigenvalue weighted by Gasteiger charge is 2.36. The average molecular weight is 383 g/mol. The Balaban J connectivity index is 1.71. The summed E-state index contributed by atoms with van der Waals surface area (Å²) in [6.07, 6.45) is 7.07. The van der Waals surface area contributed by atoms with E-state index in [1.165, 1.54) is 0 Å². The zero-order valence-corrected chi connectivity index (χ0v) is 16.2. The number of nitrogens with one attached hydrogen (secondary N) is 1. The van der Waals surface area contributed by atoms with Gasteiger partial charge >= 0.3 is 0 Å². The molecular formula is C23H21N5O. The molecule has 0 spiro atoms. The zero-order valence-electron chi connectivity index (χ0n) is 16.2. The first kappa shape index (κ1) is 18.7. The number of nitrogens with zero attached hydrogens (tertiary/aromatic N) is 4. The standard InChI is InChI=1S/C23H21N5O/c1-14(2)22-20(17-9-6-10-19(28-29)21(17)24)23(27-26-22)16-11-12-18(25-13-16)15-7-4-3-5-8-15/h3-14,20,24,29H,1-2H3/b24-21?,28-19-. The molecular weight excluding hydrogens is 362 g/mol. The number of hydrogen-bond donors (Lipinski definition) is 2. The molecule has 0 bridgehead atoms. The van der Waals surface area contributed by atoms with E-state index in [0.29, 0.717) is 0 Å². The molecule has 2 N–H and O–H groups in total. The Labute approximate surface area is 169 Å². The van der Waals surface area contributed by atoms with Crippen LogP contribution in [0.1, 0.15) is 19.4 Å². The lowest BCUT2D eigenvalue weighted by Crippen LogP contribution is -2.33. The SMILES string of the molecule is CC(C)C1=NN=C(c2ccc(-c3ccccc3)nc2)C1C1=CC=C/C(=N/O)C1=N. The van der Waals surface area contributed by atoms with Crippen LogP contribution in [0.4, 0.5) is 0 Å². The fourth-order valence-corrected chi connectivity index (χ4v) is 3.55. The molecule has 1 unspecified atom stereocenters. The first-order valence-corrected chi connectivity index (χ1v) is 9.47. The average Bonchev–Trinajstić information content (AvgIpc) is 3.20. The predicted octanol–water partition coefficient (Wildman–Crippen LogP) is 4.53. The third-order valence-corrected chi connectivity index (χ3v) is 5.06. The zero-order chi connectivity index (χ0) is 20.4. The van der Waals surface area contributed by atoms with Crippen LogP contribution < -0.4 is 0 Å². The van der Waals surface area contributed by atoms with E-state index in [9.17, 15) is 5.21 Å². The van der Waals surface area contributed by atoms with Crippen LogP contribution in [-0.4, -0.2) is 33.0 Å². The molecule has 144 valence electrons. The summed E-state index contributed by atoms with van der Waals surface area (Å²) >= 11 is 0. The molecule has 0 saturated carbocycles. The van der Waals surface area contributed by atoms with Gasteiger partial charge in [-0.3, -0.25) is 10.4 Å². The van der Waals surface area contributed by atoms with Crippen molar-refractivity contribution in [3.8, 4) is 11.3 Å². The van der Waals surface area contributed by atoms with E-state index >= 15 is 0 Å². The Bertz CT molecular complexity index is 1090. The third kappa shape index (κ3) is 3.45. The number of allylic oxidation sites excluding steroid dienone is 4. The molecule has 2 aliphatic rings. The third-order valence-electron chi connectivity index (χ3n) is 5.06. The van der Waals surface area contributed by atoms with Crippen LogP contribution in [0.25, 0.3) is 11.3 Å². The van der Waals surface area contributed by atoms with Gasteiger partial charge in [-0.2, -0.15) is 10.2 Å². The topological polar surface area (TPSA) is 94.1 Å². The van der Waals surface area contributed by atoms with E-state index in [1.54, 1.807) is 18.3 Å².